The Morgan fingerprint density at radius 3 is 2.50 bits per heavy atom. The van der Waals surface area contributed by atoms with E-state index in [1.165, 1.54) is 32.1 Å². The van der Waals surface area contributed by atoms with Gasteiger partial charge in [0.1, 0.15) is 0 Å². The molecule has 1 heterocycles. The summed E-state index contributed by atoms with van der Waals surface area (Å²) >= 11 is 0. The molecule has 1 aliphatic carbocycles. The second-order valence-corrected chi connectivity index (χ2v) is 8.57. The van der Waals surface area contributed by atoms with Crippen LogP contribution in [-0.2, 0) is 14.6 Å². The molecule has 0 bridgehead atoms. The topological polar surface area (TPSA) is 80.5 Å². The summed E-state index contributed by atoms with van der Waals surface area (Å²) in [5.41, 5.74) is 5.00. The van der Waals surface area contributed by atoms with E-state index in [2.05, 4.69) is 4.90 Å². The number of likely N-dealkylation sites (tertiary alicyclic amines) is 1. The van der Waals surface area contributed by atoms with E-state index < -0.39 is 15.7 Å². The predicted molar refractivity (Wildman–Crippen MR) is 79.0 cm³/mol. The Balaban J connectivity index is 1.75. The maximum absolute atomic E-state index is 11.8. The third-order valence-corrected chi connectivity index (χ3v) is 6.38. The molecule has 2 aliphatic rings. The lowest BCUT2D eigenvalue weighted by atomic mass is 9.75. The Labute approximate surface area is 121 Å². The van der Waals surface area contributed by atoms with Crippen molar-refractivity contribution >= 4 is 15.7 Å². The molecule has 1 saturated carbocycles. The summed E-state index contributed by atoms with van der Waals surface area (Å²) in [6.45, 7) is 2.67. The van der Waals surface area contributed by atoms with Gasteiger partial charge in [0, 0.05) is 19.5 Å². The maximum Gasteiger partial charge on any atom is 0.218 e. The highest BCUT2D eigenvalue weighted by molar-refractivity contribution is 7.91. The molecule has 0 aromatic carbocycles. The van der Waals surface area contributed by atoms with E-state index in [0.29, 0.717) is 6.54 Å². The first-order chi connectivity index (χ1) is 9.46. The molecule has 2 fully saturated rings. The zero-order chi connectivity index (χ0) is 14.6. The van der Waals surface area contributed by atoms with Crippen LogP contribution in [0.4, 0.5) is 0 Å². The van der Waals surface area contributed by atoms with Crippen molar-refractivity contribution < 1.29 is 13.2 Å². The molecule has 6 heteroatoms. The summed E-state index contributed by atoms with van der Waals surface area (Å²) in [6, 6.07) is 0. The van der Waals surface area contributed by atoms with Crippen molar-refractivity contribution in [2.45, 2.75) is 38.5 Å². The molecule has 20 heavy (non-hydrogen) atoms. The second-order valence-electron chi connectivity index (χ2n) is 6.26. The Morgan fingerprint density at radius 1 is 1.10 bits per heavy atom. The third-order valence-electron chi connectivity index (χ3n) is 4.75. The highest BCUT2D eigenvalue weighted by Crippen LogP contribution is 2.35. The van der Waals surface area contributed by atoms with E-state index in [-0.39, 0.29) is 17.9 Å². The number of carbonyl (C=O) groups excluding carboxylic acids is 1. The molecule has 0 spiro atoms. The van der Waals surface area contributed by atoms with Crippen LogP contribution in [0, 0.1) is 11.8 Å². The third kappa shape index (κ3) is 4.74. The summed E-state index contributed by atoms with van der Waals surface area (Å²) < 4.78 is 23.7. The molecule has 0 radical (unpaired) electrons. The molecule has 2 unspecified atom stereocenters. The molecule has 0 aromatic heterocycles. The van der Waals surface area contributed by atoms with Gasteiger partial charge in [0.15, 0.2) is 9.84 Å². The average molecular weight is 302 g/mol. The molecule has 2 rings (SSSR count). The monoisotopic (exact) mass is 302 g/mol. The number of piperidine rings is 1. The lowest BCUT2D eigenvalue weighted by molar-refractivity contribution is -0.117. The summed E-state index contributed by atoms with van der Waals surface area (Å²) in [5, 5.41) is 0. The van der Waals surface area contributed by atoms with Gasteiger partial charge in [-0.15, -0.1) is 0 Å². The van der Waals surface area contributed by atoms with Crippen molar-refractivity contribution in [2.75, 3.05) is 31.1 Å². The zero-order valence-corrected chi connectivity index (χ0v) is 12.9. The Bertz CT molecular complexity index is 436. The van der Waals surface area contributed by atoms with Crippen molar-refractivity contribution in [1.29, 1.82) is 0 Å². The van der Waals surface area contributed by atoms with E-state index in [1.807, 2.05) is 0 Å². The number of amides is 1. The fourth-order valence-corrected chi connectivity index (χ4v) is 4.76. The number of sulfone groups is 1. The number of hydrogen-bond donors (Lipinski definition) is 1. The number of rotatable bonds is 6. The van der Waals surface area contributed by atoms with Gasteiger partial charge in [-0.1, -0.05) is 19.3 Å². The van der Waals surface area contributed by atoms with E-state index in [0.717, 1.165) is 24.9 Å². The molecule has 2 N–H and O–H groups in total. The largest absolute Gasteiger partial charge is 0.370 e. The Morgan fingerprint density at radius 2 is 1.80 bits per heavy atom. The van der Waals surface area contributed by atoms with Crippen LogP contribution in [0.15, 0.2) is 0 Å². The minimum Gasteiger partial charge on any atom is -0.370 e. The molecule has 1 aliphatic heterocycles. The van der Waals surface area contributed by atoms with Gasteiger partial charge in [-0.05, 0) is 31.2 Å². The summed E-state index contributed by atoms with van der Waals surface area (Å²) in [6.07, 6.45) is 6.50. The normalized spacial score (nSPS) is 28.0. The number of nitrogens with two attached hydrogens (primary N) is 1. The molecule has 1 saturated heterocycles. The molecule has 5 nitrogen and oxygen atoms in total. The SMILES string of the molecule is NC(=O)CCS(=O)(=O)CCN1CCC2CCCCC2C1. The molecule has 2 atom stereocenters. The highest BCUT2D eigenvalue weighted by atomic mass is 32.2. The van der Waals surface area contributed by atoms with E-state index >= 15 is 0 Å². The van der Waals surface area contributed by atoms with Crippen LogP contribution >= 0.6 is 0 Å². The van der Waals surface area contributed by atoms with E-state index in [4.69, 9.17) is 5.73 Å². The van der Waals surface area contributed by atoms with Gasteiger partial charge in [-0.2, -0.15) is 0 Å². The quantitative estimate of drug-likeness (QED) is 0.786. The number of nitrogens with zero attached hydrogens (tertiary/aromatic N) is 1. The zero-order valence-electron chi connectivity index (χ0n) is 12.1. The van der Waals surface area contributed by atoms with Crippen LogP contribution in [0.1, 0.15) is 38.5 Å². The summed E-state index contributed by atoms with van der Waals surface area (Å²) in [4.78, 5) is 12.9. The maximum atomic E-state index is 11.8. The van der Waals surface area contributed by atoms with Crippen LogP contribution in [0.5, 0.6) is 0 Å². The Hall–Kier alpha value is -0.620. The fourth-order valence-electron chi connectivity index (χ4n) is 3.51. The van der Waals surface area contributed by atoms with E-state index in [1.54, 1.807) is 0 Å². The van der Waals surface area contributed by atoms with Gasteiger partial charge in [-0.25, -0.2) is 8.42 Å². The van der Waals surface area contributed by atoms with Crippen molar-refractivity contribution in [2.24, 2.45) is 17.6 Å². The van der Waals surface area contributed by atoms with Crippen molar-refractivity contribution in [1.82, 2.24) is 4.90 Å². The number of carbonyl (C=O) groups is 1. The lowest BCUT2D eigenvalue weighted by Gasteiger charge is -2.41. The summed E-state index contributed by atoms with van der Waals surface area (Å²) in [5.74, 6) is 1.13. The smallest absolute Gasteiger partial charge is 0.218 e. The van der Waals surface area contributed by atoms with E-state index in [9.17, 15) is 13.2 Å². The minimum absolute atomic E-state index is 0.0625. The Kier molecular flexibility index (Phi) is 5.43. The van der Waals surface area contributed by atoms with Crippen LogP contribution < -0.4 is 5.73 Å². The first-order valence-electron chi connectivity index (χ1n) is 7.67. The standard InChI is InChI=1S/C14H26N2O3S/c15-14(17)6-9-20(18,19)10-8-16-7-5-12-3-1-2-4-13(12)11-16/h12-13H,1-11H2,(H2,15,17). The van der Waals surface area contributed by atoms with Crippen molar-refractivity contribution in [3.63, 3.8) is 0 Å². The number of hydrogen-bond acceptors (Lipinski definition) is 4. The predicted octanol–water partition coefficient (Wildman–Crippen LogP) is 0.789. The molecule has 1 amide bonds. The van der Waals surface area contributed by atoms with Gasteiger partial charge >= 0.3 is 0 Å². The van der Waals surface area contributed by atoms with Gasteiger partial charge in [0.25, 0.3) is 0 Å². The number of primary amides is 1. The fraction of sp³-hybridized carbons (Fsp3) is 0.929. The van der Waals surface area contributed by atoms with Crippen LogP contribution in [0.25, 0.3) is 0 Å². The minimum atomic E-state index is -3.15. The second kappa shape index (κ2) is 6.89. The van der Waals surface area contributed by atoms with Gasteiger partial charge < -0.3 is 10.6 Å². The van der Waals surface area contributed by atoms with Gasteiger partial charge in [-0.3, -0.25) is 4.79 Å². The molecule has 0 aromatic rings. The first-order valence-corrected chi connectivity index (χ1v) is 9.49. The molecule has 116 valence electrons. The van der Waals surface area contributed by atoms with Gasteiger partial charge in [0.2, 0.25) is 5.91 Å². The van der Waals surface area contributed by atoms with Crippen LogP contribution in [0.3, 0.4) is 0 Å². The highest BCUT2D eigenvalue weighted by Gasteiger charge is 2.31. The average Bonchev–Trinajstić information content (AvgIpc) is 2.43. The van der Waals surface area contributed by atoms with Gasteiger partial charge in [0.05, 0.1) is 11.5 Å². The molecular weight excluding hydrogens is 276 g/mol. The molecular formula is C14H26N2O3S. The van der Waals surface area contributed by atoms with Crippen molar-refractivity contribution in [3.8, 4) is 0 Å². The van der Waals surface area contributed by atoms with Crippen LogP contribution in [0.2, 0.25) is 0 Å². The van der Waals surface area contributed by atoms with Crippen LogP contribution in [-0.4, -0.2) is 50.4 Å². The number of fused-ring (bicyclic) bond motifs is 1. The first kappa shape index (κ1) is 15.8. The van der Waals surface area contributed by atoms with Crippen molar-refractivity contribution in [3.05, 3.63) is 0 Å². The lowest BCUT2D eigenvalue weighted by Crippen LogP contribution is -2.43. The summed E-state index contributed by atoms with van der Waals surface area (Å²) in [7, 11) is -3.15.